The molecule has 0 radical (unpaired) electrons. The van der Waals surface area contributed by atoms with Gasteiger partial charge < -0.3 is 4.74 Å². The Labute approximate surface area is 160 Å². The Bertz CT molecular complexity index is 1030. The van der Waals surface area contributed by atoms with Crippen molar-refractivity contribution in [2.75, 3.05) is 13.2 Å². The molecule has 0 atom stereocenters. The van der Waals surface area contributed by atoms with Gasteiger partial charge in [-0.3, -0.25) is 14.4 Å². The number of halogens is 1. The summed E-state index contributed by atoms with van der Waals surface area (Å²) in [4.78, 5) is 35.9. The summed E-state index contributed by atoms with van der Waals surface area (Å²) in [6.45, 7) is -0.629. The maximum absolute atomic E-state index is 12.8. The molecule has 0 saturated carbocycles. The molecule has 0 N–H and O–H groups in total. The molecular weight excluding hydrogens is 389 g/mol. The summed E-state index contributed by atoms with van der Waals surface area (Å²) in [7, 11) is -3.95. The molecule has 3 rings (SSSR count). The number of Topliss-reactive ketones (excluding diaryl/α,β-unsaturated/α-hetero) is 1. The first-order valence-corrected chi connectivity index (χ1v) is 9.85. The highest BCUT2D eigenvalue weighted by Gasteiger charge is 2.40. The van der Waals surface area contributed by atoms with Crippen LogP contribution in [0.25, 0.3) is 0 Å². The van der Waals surface area contributed by atoms with Crippen molar-refractivity contribution >= 4 is 27.7 Å². The average Bonchev–Trinajstić information content (AvgIpc) is 2.87. The van der Waals surface area contributed by atoms with Gasteiger partial charge in [0.1, 0.15) is 17.3 Å². The minimum absolute atomic E-state index is 0.0729. The molecule has 1 amide bonds. The van der Waals surface area contributed by atoms with Crippen LogP contribution < -0.4 is 0 Å². The quantitative estimate of drug-likeness (QED) is 0.517. The lowest BCUT2D eigenvalue weighted by molar-refractivity contribution is -0.143. The van der Waals surface area contributed by atoms with E-state index in [4.69, 9.17) is 4.74 Å². The highest BCUT2D eigenvalue weighted by molar-refractivity contribution is 7.90. The fourth-order valence-corrected chi connectivity index (χ4v) is 4.32. The van der Waals surface area contributed by atoms with Crippen molar-refractivity contribution in [3.63, 3.8) is 0 Å². The first kappa shape index (κ1) is 19.7. The molecule has 0 saturated heterocycles. The molecule has 2 aromatic carbocycles. The molecule has 0 fully saturated rings. The van der Waals surface area contributed by atoms with Crippen LogP contribution in [0.5, 0.6) is 0 Å². The lowest BCUT2D eigenvalue weighted by atomic mass is 10.1. The van der Waals surface area contributed by atoms with Crippen molar-refractivity contribution in [1.29, 1.82) is 0 Å². The summed E-state index contributed by atoms with van der Waals surface area (Å²) in [6, 6.07) is 10.8. The average molecular weight is 405 g/mol. The van der Waals surface area contributed by atoms with Crippen molar-refractivity contribution in [2.45, 2.75) is 17.7 Å². The van der Waals surface area contributed by atoms with Crippen LogP contribution in [0.1, 0.15) is 33.6 Å². The summed E-state index contributed by atoms with van der Waals surface area (Å²) >= 11 is 0. The summed E-state index contributed by atoms with van der Waals surface area (Å²) in [5.41, 5.74) is 0.361. The molecule has 0 unspecified atom stereocenters. The summed E-state index contributed by atoms with van der Waals surface area (Å²) in [5, 5.41) is 0. The number of sulfonamides is 1. The van der Waals surface area contributed by atoms with Gasteiger partial charge in [0.25, 0.3) is 15.9 Å². The fourth-order valence-electron chi connectivity index (χ4n) is 2.76. The van der Waals surface area contributed by atoms with E-state index in [2.05, 4.69) is 0 Å². The van der Waals surface area contributed by atoms with E-state index in [0.717, 1.165) is 12.1 Å². The van der Waals surface area contributed by atoms with E-state index >= 15 is 0 Å². The zero-order chi connectivity index (χ0) is 20.3. The van der Waals surface area contributed by atoms with Gasteiger partial charge in [0, 0.05) is 12.0 Å². The molecule has 0 bridgehead atoms. The Hall–Kier alpha value is -3.07. The van der Waals surface area contributed by atoms with Gasteiger partial charge in [-0.1, -0.05) is 12.1 Å². The van der Waals surface area contributed by atoms with E-state index in [-0.39, 0.29) is 47.8 Å². The second kappa shape index (κ2) is 7.89. The first-order valence-electron chi connectivity index (χ1n) is 8.41. The third-order valence-corrected chi connectivity index (χ3v) is 6.03. The molecular formula is C19H16FNO6S. The van der Waals surface area contributed by atoms with Crippen molar-refractivity contribution in [3.8, 4) is 0 Å². The fraction of sp³-hybridized carbons (Fsp3) is 0.211. The maximum Gasteiger partial charge on any atom is 0.306 e. The molecule has 1 aliphatic rings. The predicted octanol–water partition coefficient (Wildman–Crippen LogP) is 2.18. The Morgan fingerprint density at radius 2 is 1.68 bits per heavy atom. The highest BCUT2D eigenvalue weighted by atomic mass is 32.2. The zero-order valence-electron chi connectivity index (χ0n) is 14.6. The summed E-state index contributed by atoms with van der Waals surface area (Å²) in [6.07, 6.45) is -0.339. The van der Waals surface area contributed by atoms with Gasteiger partial charge >= 0.3 is 5.97 Å². The lowest BCUT2D eigenvalue weighted by Crippen LogP contribution is -2.33. The number of ketones is 1. The number of esters is 1. The van der Waals surface area contributed by atoms with Crippen LogP contribution in [0, 0.1) is 5.82 Å². The molecule has 0 aliphatic carbocycles. The lowest BCUT2D eigenvalue weighted by Gasteiger charge is -2.14. The number of nitrogens with zero attached hydrogens (tertiary/aromatic N) is 1. The van der Waals surface area contributed by atoms with Crippen molar-refractivity contribution < 1.29 is 31.9 Å². The minimum Gasteiger partial charge on any atom is -0.464 e. The number of fused-ring (bicyclic) bond motifs is 1. The van der Waals surface area contributed by atoms with E-state index in [1.54, 1.807) is 6.07 Å². The largest absolute Gasteiger partial charge is 0.464 e. The second-order valence-electron chi connectivity index (χ2n) is 6.03. The number of amides is 1. The zero-order valence-corrected chi connectivity index (χ0v) is 15.4. The third kappa shape index (κ3) is 3.94. The Morgan fingerprint density at radius 3 is 2.36 bits per heavy atom. The van der Waals surface area contributed by atoms with E-state index < -0.39 is 27.7 Å². The molecule has 0 aromatic heterocycles. The van der Waals surface area contributed by atoms with E-state index in [1.165, 1.54) is 30.3 Å². The topological polar surface area (TPSA) is 97.8 Å². The van der Waals surface area contributed by atoms with Gasteiger partial charge in [-0.25, -0.2) is 17.1 Å². The summed E-state index contributed by atoms with van der Waals surface area (Å²) in [5.74, 6) is -2.18. The predicted molar refractivity (Wildman–Crippen MR) is 95.6 cm³/mol. The molecule has 2 aromatic rings. The van der Waals surface area contributed by atoms with Crippen LogP contribution in [-0.2, 0) is 19.6 Å². The number of hydrogen-bond acceptors (Lipinski definition) is 6. The van der Waals surface area contributed by atoms with Gasteiger partial charge in [0.15, 0.2) is 5.78 Å². The molecule has 146 valence electrons. The second-order valence-corrected chi connectivity index (χ2v) is 7.86. The number of benzene rings is 2. The van der Waals surface area contributed by atoms with Crippen LogP contribution >= 0.6 is 0 Å². The minimum atomic E-state index is -3.95. The van der Waals surface area contributed by atoms with Crippen LogP contribution in [-0.4, -0.2) is 43.5 Å². The molecule has 7 nitrogen and oxygen atoms in total. The standard InChI is InChI=1S/C19H16FNO6S/c20-14-7-5-13(6-8-14)16(22)9-10-18(23)27-12-11-21-19(24)15-3-1-2-4-17(15)28(21,25)26/h1-8H,9-12H2. The maximum atomic E-state index is 12.8. The Kier molecular flexibility index (Phi) is 5.55. The monoisotopic (exact) mass is 405 g/mol. The number of hydrogen-bond donors (Lipinski definition) is 0. The van der Waals surface area contributed by atoms with Crippen LogP contribution in [0.3, 0.4) is 0 Å². The van der Waals surface area contributed by atoms with Crippen molar-refractivity contribution in [1.82, 2.24) is 4.31 Å². The van der Waals surface area contributed by atoms with Crippen molar-refractivity contribution in [3.05, 3.63) is 65.5 Å². The number of carbonyl (C=O) groups excluding carboxylic acids is 3. The molecule has 28 heavy (non-hydrogen) atoms. The van der Waals surface area contributed by atoms with Gasteiger partial charge in [-0.05, 0) is 36.4 Å². The first-order chi connectivity index (χ1) is 13.3. The number of rotatable bonds is 7. The van der Waals surface area contributed by atoms with Crippen LogP contribution in [0.4, 0.5) is 4.39 Å². The van der Waals surface area contributed by atoms with Gasteiger partial charge in [0.2, 0.25) is 0 Å². The summed E-state index contributed by atoms with van der Waals surface area (Å²) < 4.78 is 43.2. The van der Waals surface area contributed by atoms with E-state index in [9.17, 15) is 27.2 Å². The van der Waals surface area contributed by atoms with Gasteiger partial charge in [-0.15, -0.1) is 0 Å². The SMILES string of the molecule is O=C(CCC(=O)c1ccc(F)cc1)OCCN1C(=O)c2ccccc2S1(=O)=O. The molecule has 1 aliphatic heterocycles. The van der Waals surface area contributed by atoms with Gasteiger partial charge in [-0.2, -0.15) is 0 Å². The van der Waals surface area contributed by atoms with Crippen LogP contribution in [0.15, 0.2) is 53.4 Å². The number of carbonyl (C=O) groups is 3. The Morgan fingerprint density at radius 1 is 1.00 bits per heavy atom. The third-order valence-electron chi connectivity index (χ3n) is 4.19. The van der Waals surface area contributed by atoms with Crippen LogP contribution in [0.2, 0.25) is 0 Å². The molecule has 0 spiro atoms. The molecule has 9 heteroatoms. The smallest absolute Gasteiger partial charge is 0.306 e. The van der Waals surface area contributed by atoms with Crippen molar-refractivity contribution in [2.24, 2.45) is 0 Å². The molecule has 1 heterocycles. The van der Waals surface area contributed by atoms with E-state index in [1.807, 2.05) is 0 Å². The highest BCUT2D eigenvalue weighted by Crippen LogP contribution is 2.29. The van der Waals surface area contributed by atoms with E-state index in [0.29, 0.717) is 4.31 Å². The Balaban J connectivity index is 1.49. The number of ether oxygens (including phenoxy) is 1. The van der Waals surface area contributed by atoms with Gasteiger partial charge in [0.05, 0.1) is 18.5 Å². The normalized spacial score (nSPS) is 14.6.